The molecular weight excluding hydrogens is 418 g/mol. The first-order valence-electron chi connectivity index (χ1n) is 9.37. The molecule has 0 bridgehead atoms. The molecule has 0 aromatic heterocycles. The van der Waals surface area contributed by atoms with Crippen molar-refractivity contribution in [1.82, 2.24) is 10.6 Å². The van der Waals surface area contributed by atoms with Gasteiger partial charge in [-0.25, -0.2) is 4.79 Å². The Hall–Kier alpha value is -3.59. The number of hydrogen-bond acceptors (Lipinski definition) is 6. The molecule has 1 atom stereocenters. The molecule has 0 aliphatic carbocycles. The Balaban J connectivity index is 1.95. The number of anilines is 1. The highest BCUT2D eigenvalue weighted by Crippen LogP contribution is 2.32. The van der Waals surface area contributed by atoms with Crippen LogP contribution in [0.4, 0.5) is 5.69 Å². The molecule has 2 aromatic carbocycles. The number of hydrogen-bond donors (Lipinski definition) is 3. The first-order chi connectivity index (χ1) is 14.9. The number of amides is 1. The van der Waals surface area contributed by atoms with Gasteiger partial charge >= 0.3 is 5.97 Å². The Morgan fingerprint density at radius 1 is 1.03 bits per heavy atom. The third-order valence-corrected chi connectivity index (χ3v) is 5.05. The van der Waals surface area contributed by atoms with Crippen LogP contribution in [-0.4, -0.2) is 38.3 Å². The number of rotatable bonds is 6. The van der Waals surface area contributed by atoms with E-state index in [1.54, 1.807) is 56.5 Å². The molecule has 0 unspecified atom stereocenters. The van der Waals surface area contributed by atoms with E-state index < -0.39 is 12.0 Å². The molecule has 1 aliphatic rings. The largest absolute Gasteiger partial charge is 0.497 e. The summed E-state index contributed by atoms with van der Waals surface area (Å²) < 4.78 is 15.3. The quantitative estimate of drug-likeness (QED) is 0.465. The van der Waals surface area contributed by atoms with Crippen LogP contribution < -0.4 is 25.4 Å². The Kier molecular flexibility index (Phi) is 6.76. The van der Waals surface area contributed by atoms with Crippen molar-refractivity contribution < 1.29 is 23.8 Å². The number of thiocarbonyl (C=S) groups is 1. The SMILES string of the molecule is COC(=O)c1ccc([C@@H]2NC(=S)NC(C)=C2C(=O)Nc2cc(OC)ccc2OC)cc1. The molecule has 1 heterocycles. The average molecular weight is 442 g/mol. The second-order valence-corrected chi connectivity index (χ2v) is 7.11. The molecule has 0 spiro atoms. The molecule has 2 aromatic rings. The van der Waals surface area contributed by atoms with Gasteiger partial charge in [-0.15, -0.1) is 0 Å². The minimum atomic E-state index is -0.517. The van der Waals surface area contributed by atoms with Crippen LogP contribution in [-0.2, 0) is 9.53 Å². The van der Waals surface area contributed by atoms with Crippen molar-refractivity contribution in [3.05, 3.63) is 64.9 Å². The van der Waals surface area contributed by atoms with Crippen molar-refractivity contribution in [2.24, 2.45) is 0 Å². The normalized spacial score (nSPS) is 15.5. The third kappa shape index (κ3) is 4.77. The Bertz CT molecular complexity index is 1050. The zero-order valence-electron chi connectivity index (χ0n) is 17.6. The summed E-state index contributed by atoms with van der Waals surface area (Å²) in [4.78, 5) is 25.0. The molecule has 0 saturated carbocycles. The number of carbonyl (C=O) groups excluding carboxylic acids is 2. The maximum atomic E-state index is 13.3. The van der Waals surface area contributed by atoms with E-state index in [1.807, 2.05) is 0 Å². The van der Waals surface area contributed by atoms with Gasteiger partial charge in [0.1, 0.15) is 11.5 Å². The summed E-state index contributed by atoms with van der Waals surface area (Å²) >= 11 is 5.29. The maximum Gasteiger partial charge on any atom is 0.337 e. The number of carbonyl (C=O) groups is 2. The summed E-state index contributed by atoms with van der Waals surface area (Å²) in [7, 11) is 4.39. The molecule has 162 valence electrons. The summed E-state index contributed by atoms with van der Waals surface area (Å²) in [6, 6.07) is 11.4. The summed E-state index contributed by atoms with van der Waals surface area (Å²) in [5.74, 6) is 0.306. The van der Waals surface area contributed by atoms with Crippen molar-refractivity contribution in [2.45, 2.75) is 13.0 Å². The lowest BCUT2D eigenvalue weighted by Crippen LogP contribution is -2.45. The average Bonchev–Trinajstić information content (AvgIpc) is 2.77. The highest BCUT2D eigenvalue weighted by molar-refractivity contribution is 7.80. The first kappa shape index (κ1) is 22.1. The monoisotopic (exact) mass is 441 g/mol. The zero-order chi connectivity index (χ0) is 22.5. The second kappa shape index (κ2) is 9.48. The summed E-state index contributed by atoms with van der Waals surface area (Å²) in [6.07, 6.45) is 0. The van der Waals surface area contributed by atoms with Gasteiger partial charge in [0.2, 0.25) is 0 Å². The van der Waals surface area contributed by atoms with Gasteiger partial charge in [-0.05, 0) is 49.0 Å². The van der Waals surface area contributed by atoms with Crippen LogP contribution >= 0.6 is 12.2 Å². The van der Waals surface area contributed by atoms with Gasteiger partial charge in [0.15, 0.2) is 5.11 Å². The Morgan fingerprint density at radius 2 is 1.74 bits per heavy atom. The standard InChI is InChI=1S/C22H23N3O5S/c1-12-18(20(26)24-16-11-15(28-2)9-10-17(16)29-3)19(25-22(31)23-12)13-5-7-14(8-6-13)21(27)30-4/h5-11,19H,1-4H3,(H,24,26)(H2,23,25,31)/t19-/m0/s1. The van der Waals surface area contributed by atoms with E-state index in [4.69, 9.17) is 26.4 Å². The highest BCUT2D eigenvalue weighted by atomic mass is 32.1. The lowest BCUT2D eigenvalue weighted by molar-refractivity contribution is -0.113. The fourth-order valence-corrected chi connectivity index (χ4v) is 3.55. The molecule has 0 fully saturated rings. The topological polar surface area (TPSA) is 97.9 Å². The molecule has 0 saturated heterocycles. The minimum Gasteiger partial charge on any atom is -0.497 e. The van der Waals surface area contributed by atoms with E-state index in [0.29, 0.717) is 39.1 Å². The van der Waals surface area contributed by atoms with Crippen LogP contribution in [0.25, 0.3) is 0 Å². The van der Waals surface area contributed by atoms with E-state index in [-0.39, 0.29) is 5.91 Å². The van der Waals surface area contributed by atoms with Gasteiger partial charge in [0.05, 0.1) is 44.2 Å². The smallest absolute Gasteiger partial charge is 0.337 e. The predicted octanol–water partition coefficient (Wildman–Crippen LogP) is 2.92. The minimum absolute atomic E-state index is 0.339. The van der Waals surface area contributed by atoms with Crippen LogP contribution in [0.1, 0.15) is 28.9 Å². The van der Waals surface area contributed by atoms with Crippen LogP contribution in [0.3, 0.4) is 0 Å². The van der Waals surface area contributed by atoms with Crippen molar-refractivity contribution >= 4 is 34.9 Å². The predicted molar refractivity (Wildman–Crippen MR) is 120 cm³/mol. The number of allylic oxidation sites excluding steroid dienone is 1. The van der Waals surface area contributed by atoms with Crippen molar-refractivity contribution in [1.29, 1.82) is 0 Å². The number of ether oxygens (including phenoxy) is 3. The number of benzene rings is 2. The van der Waals surface area contributed by atoms with Crippen molar-refractivity contribution in [3.63, 3.8) is 0 Å². The lowest BCUT2D eigenvalue weighted by atomic mass is 9.94. The zero-order valence-corrected chi connectivity index (χ0v) is 18.4. The first-order valence-corrected chi connectivity index (χ1v) is 9.78. The molecular formula is C22H23N3O5S. The van der Waals surface area contributed by atoms with Gasteiger partial charge < -0.3 is 30.2 Å². The number of methoxy groups -OCH3 is 3. The van der Waals surface area contributed by atoms with Gasteiger partial charge in [-0.3, -0.25) is 4.79 Å². The summed E-state index contributed by atoms with van der Waals surface area (Å²) in [6.45, 7) is 1.78. The van der Waals surface area contributed by atoms with Gasteiger partial charge in [-0.2, -0.15) is 0 Å². The van der Waals surface area contributed by atoms with E-state index in [2.05, 4.69) is 16.0 Å². The fraction of sp³-hybridized carbons (Fsp3) is 0.227. The van der Waals surface area contributed by atoms with Crippen LogP contribution in [0.15, 0.2) is 53.7 Å². The molecule has 31 heavy (non-hydrogen) atoms. The van der Waals surface area contributed by atoms with E-state index in [1.165, 1.54) is 14.2 Å². The lowest BCUT2D eigenvalue weighted by Gasteiger charge is -2.30. The van der Waals surface area contributed by atoms with Crippen molar-refractivity contribution in [3.8, 4) is 11.5 Å². The second-order valence-electron chi connectivity index (χ2n) is 6.70. The summed E-state index contributed by atoms with van der Waals surface area (Å²) in [5, 5.41) is 9.41. The van der Waals surface area contributed by atoms with Crippen molar-refractivity contribution in [2.75, 3.05) is 26.6 Å². The summed E-state index contributed by atoms with van der Waals surface area (Å²) in [5.41, 5.74) is 2.71. The number of esters is 1. The molecule has 8 nitrogen and oxygen atoms in total. The molecule has 1 aliphatic heterocycles. The fourth-order valence-electron chi connectivity index (χ4n) is 3.28. The van der Waals surface area contributed by atoms with Gasteiger partial charge in [0, 0.05) is 11.8 Å². The molecule has 3 rings (SSSR count). The highest BCUT2D eigenvalue weighted by Gasteiger charge is 2.30. The molecule has 1 amide bonds. The number of nitrogens with one attached hydrogen (secondary N) is 3. The van der Waals surface area contributed by atoms with Gasteiger partial charge in [0.25, 0.3) is 5.91 Å². The van der Waals surface area contributed by atoms with Crippen LogP contribution in [0.2, 0.25) is 0 Å². The van der Waals surface area contributed by atoms with E-state index in [9.17, 15) is 9.59 Å². The third-order valence-electron chi connectivity index (χ3n) is 4.83. The van der Waals surface area contributed by atoms with Gasteiger partial charge in [-0.1, -0.05) is 12.1 Å². The van der Waals surface area contributed by atoms with Crippen LogP contribution in [0.5, 0.6) is 11.5 Å². The van der Waals surface area contributed by atoms with E-state index >= 15 is 0 Å². The Morgan fingerprint density at radius 3 is 2.35 bits per heavy atom. The maximum absolute atomic E-state index is 13.3. The molecule has 3 N–H and O–H groups in total. The Labute approximate surface area is 185 Å². The van der Waals surface area contributed by atoms with Crippen LogP contribution in [0, 0.1) is 0 Å². The molecule has 0 radical (unpaired) electrons. The molecule has 9 heteroatoms. The van der Waals surface area contributed by atoms with E-state index in [0.717, 1.165) is 5.56 Å².